The van der Waals surface area contributed by atoms with E-state index in [9.17, 15) is 8.42 Å². The van der Waals surface area contributed by atoms with Crippen LogP contribution in [0.25, 0.3) is 0 Å². The van der Waals surface area contributed by atoms with Crippen molar-refractivity contribution < 1.29 is 8.42 Å². The number of hydrogen-bond acceptors (Lipinski definition) is 3. The van der Waals surface area contributed by atoms with Gasteiger partial charge in [0.2, 0.25) is 10.0 Å². The second-order valence-corrected chi connectivity index (χ2v) is 7.97. The molecule has 0 aliphatic rings. The maximum atomic E-state index is 11.6. The van der Waals surface area contributed by atoms with Crippen LogP contribution >= 0.6 is 24.0 Å². The standard InChI is InChI=1S/C19H26N4O2S.HI/c1-15-5-4-6-18(11-15)13-23-19(20-2)22-12-16-7-9-17(10-8-16)14-26(24,25)21-3;/h4-11,21H,12-14H2,1-3H3,(H2,20,22,23);1H. The van der Waals surface area contributed by atoms with Crippen molar-refractivity contribution in [2.45, 2.75) is 25.8 Å². The molecule has 0 bridgehead atoms. The van der Waals surface area contributed by atoms with E-state index >= 15 is 0 Å². The quantitative estimate of drug-likeness (QED) is 0.309. The summed E-state index contributed by atoms with van der Waals surface area (Å²) < 4.78 is 25.5. The van der Waals surface area contributed by atoms with Crippen LogP contribution in [0.15, 0.2) is 53.5 Å². The summed E-state index contributed by atoms with van der Waals surface area (Å²) in [4.78, 5) is 4.22. The van der Waals surface area contributed by atoms with Crippen LogP contribution in [0.4, 0.5) is 0 Å². The van der Waals surface area contributed by atoms with Gasteiger partial charge in [0.05, 0.1) is 5.75 Å². The van der Waals surface area contributed by atoms with Crippen molar-refractivity contribution in [3.05, 3.63) is 70.8 Å². The molecule has 27 heavy (non-hydrogen) atoms. The van der Waals surface area contributed by atoms with Gasteiger partial charge in [-0.05, 0) is 30.7 Å². The fourth-order valence-electron chi connectivity index (χ4n) is 2.46. The third-order valence-corrected chi connectivity index (χ3v) is 5.25. The first-order chi connectivity index (χ1) is 12.4. The highest BCUT2D eigenvalue weighted by Gasteiger charge is 2.08. The fourth-order valence-corrected chi connectivity index (χ4v) is 3.23. The van der Waals surface area contributed by atoms with Gasteiger partial charge in [-0.15, -0.1) is 24.0 Å². The zero-order valence-electron chi connectivity index (χ0n) is 15.8. The number of hydrogen-bond donors (Lipinski definition) is 3. The molecule has 0 aliphatic carbocycles. The van der Waals surface area contributed by atoms with Crippen molar-refractivity contribution in [2.24, 2.45) is 4.99 Å². The van der Waals surface area contributed by atoms with Crippen molar-refractivity contribution in [2.75, 3.05) is 14.1 Å². The summed E-state index contributed by atoms with van der Waals surface area (Å²) in [6.07, 6.45) is 0. The van der Waals surface area contributed by atoms with Crippen LogP contribution < -0.4 is 15.4 Å². The van der Waals surface area contributed by atoms with E-state index in [2.05, 4.69) is 45.5 Å². The summed E-state index contributed by atoms with van der Waals surface area (Å²) in [7, 11) is -0.0936. The molecule has 6 nitrogen and oxygen atoms in total. The highest BCUT2D eigenvalue weighted by Crippen LogP contribution is 2.08. The minimum Gasteiger partial charge on any atom is -0.352 e. The van der Waals surface area contributed by atoms with Crippen LogP contribution in [-0.2, 0) is 28.9 Å². The smallest absolute Gasteiger partial charge is 0.215 e. The van der Waals surface area contributed by atoms with Crippen LogP contribution in [0.3, 0.4) is 0 Å². The molecule has 0 aliphatic heterocycles. The van der Waals surface area contributed by atoms with Gasteiger partial charge in [0.1, 0.15) is 0 Å². The summed E-state index contributed by atoms with van der Waals surface area (Å²) in [5, 5.41) is 6.54. The van der Waals surface area contributed by atoms with Crippen LogP contribution in [0, 0.1) is 6.92 Å². The van der Waals surface area contributed by atoms with Gasteiger partial charge >= 0.3 is 0 Å². The number of nitrogens with zero attached hydrogens (tertiary/aromatic N) is 1. The summed E-state index contributed by atoms with van der Waals surface area (Å²) in [5.41, 5.74) is 4.23. The summed E-state index contributed by atoms with van der Waals surface area (Å²) in [6.45, 7) is 3.37. The van der Waals surface area contributed by atoms with Crippen LogP contribution in [0.1, 0.15) is 22.3 Å². The number of aliphatic imine (C=N–C) groups is 1. The molecule has 0 heterocycles. The first kappa shape index (κ1) is 23.4. The van der Waals surface area contributed by atoms with Gasteiger partial charge in [-0.25, -0.2) is 13.1 Å². The number of nitrogens with one attached hydrogen (secondary N) is 3. The molecule has 0 radical (unpaired) electrons. The zero-order valence-corrected chi connectivity index (χ0v) is 19.0. The van der Waals surface area contributed by atoms with E-state index in [-0.39, 0.29) is 29.7 Å². The summed E-state index contributed by atoms with van der Waals surface area (Å²) in [5.74, 6) is 0.699. The Hall–Kier alpha value is -1.65. The highest BCUT2D eigenvalue weighted by atomic mass is 127. The molecule has 0 amide bonds. The number of benzene rings is 2. The molecule has 0 saturated carbocycles. The first-order valence-electron chi connectivity index (χ1n) is 8.41. The molecule has 2 rings (SSSR count). The third-order valence-electron chi connectivity index (χ3n) is 3.92. The Kier molecular flexibility index (Phi) is 9.75. The Bertz CT molecular complexity index is 852. The predicted molar refractivity (Wildman–Crippen MR) is 122 cm³/mol. The lowest BCUT2D eigenvalue weighted by Gasteiger charge is -2.12. The monoisotopic (exact) mass is 502 g/mol. The maximum absolute atomic E-state index is 11.6. The van der Waals surface area contributed by atoms with E-state index in [0.717, 1.165) is 11.1 Å². The molecular weight excluding hydrogens is 475 g/mol. The Balaban J connectivity index is 0.00000364. The largest absolute Gasteiger partial charge is 0.352 e. The molecular formula is C19H27IN4O2S. The number of halogens is 1. The van der Waals surface area contributed by atoms with Gasteiger partial charge in [0.15, 0.2) is 5.96 Å². The minimum atomic E-state index is -3.25. The normalized spacial score (nSPS) is 11.6. The van der Waals surface area contributed by atoms with E-state index in [1.165, 1.54) is 18.2 Å². The average Bonchev–Trinajstić information content (AvgIpc) is 2.63. The van der Waals surface area contributed by atoms with Crippen LogP contribution in [-0.4, -0.2) is 28.5 Å². The molecule has 0 fully saturated rings. The van der Waals surface area contributed by atoms with E-state index < -0.39 is 10.0 Å². The van der Waals surface area contributed by atoms with E-state index in [1.807, 2.05) is 30.3 Å². The van der Waals surface area contributed by atoms with E-state index in [4.69, 9.17) is 0 Å². The summed E-state index contributed by atoms with van der Waals surface area (Å²) >= 11 is 0. The van der Waals surface area contributed by atoms with Gasteiger partial charge in [0, 0.05) is 20.1 Å². The first-order valence-corrected chi connectivity index (χ1v) is 10.1. The number of sulfonamides is 1. The number of aryl methyl sites for hydroxylation is 1. The molecule has 8 heteroatoms. The second-order valence-electron chi connectivity index (χ2n) is 6.05. The topological polar surface area (TPSA) is 82.6 Å². The lowest BCUT2D eigenvalue weighted by atomic mass is 10.1. The van der Waals surface area contributed by atoms with Crippen LogP contribution in [0.5, 0.6) is 0 Å². The Morgan fingerprint density at radius 2 is 1.56 bits per heavy atom. The number of rotatable bonds is 7. The van der Waals surface area contributed by atoms with Gasteiger partial charge in [-0.1, -0.05) is 54.1 Å². The molecule has 0 unspecified atom stereocenters. The van der Waals surface area contributed by atoms with Gasteiger partial charge in [0.25, 0.3) is 0 Å². The van der Waals surface area contributed by atoms with Crippen molar-refractivity contribution >= 4 is 40.0 Å². The minimum absolute atomic E-state index is 0. The molecule has 0 atom stereocenters. The predicted octanol–water partition coefficient (Wildman–Crippen LogP) is 2.53. The molecule has 148 valence electrons. The summed E-state index contributed by atoms with van der Waals surface area (Å²) in [6, 6.07) is 15.8. The van der Waals surface area contributed by atoms with Crippen molar-refractivity contribution in [3.63, 3.8) is 0 Å². The van der Waals surface area contributed by atoms with E-state index in [1.54, 1.807) is 7.05 Å². The molecule has 2 aromatic rings. The van der Waals surface area contributed by atoms with Crippen molar-refractivity contribution in [3.8, 4) is 0 Å². The molecule has 0 spiro atoms. The third kappa shape index (κ3) is 8.27. The van der Waals surface area contributed by atoms with Gasteiger partial charge in [-0.3, -0.25) is 4.99 Å². The zero-order chi connectivity index (χ0) is 19.0. The van der Waals surface area contributed by atoms with Crippen molar-refractivity contribution in [1.29, 1.82) is 0 Å². The Morgan fingerprint density at radius 3 is 2.11 bits per heavy atom. The molecule has 2 aromatic carbocycles. The number of guanidine groups is 1. The van der Waals surface area contributed by atoms with Gasteiger partial charge < -0.3 is 10.6 Å². The molecule has 0 aromatic heterocycles. The average molecular weight is 502 g/mol. The highest BCUT2D eigenvalue weighted by molar-refractivity contribution is 14.0. The Labute approximate surface area is 178 Å². The van der Waals surface area contributed by atoms with Gasteiger partial charge in [-0.2, -0.15) is 0 Å². The lowest BCUT2D eigenvalue weighted by molar-refractivity contribution is 0.587. The Morgan fingerprint density at radius 1 is 0.963 bits per heavy atom. The SMILES string of the molecule is CN=C(NCc1ccc(CS(=O)(=O)NC)cc1)NCc1cccc(C)c1.I. The second kappa shape index (κ2) is 11.3. The maximum Gasteiger partial charge on any atom is 0.215 e. The van der Waals surface area contributed by atoms with Crippen LogP contribution in [0.2, 0.25) is 0 Å². The molecule has 3 N–H and O–H groups in total. The lowest BCUT2D eigenvalue weighted by Crippen LogP contribution is -2.36. The van der Waals surface area contributed by atoms with Crippen molar-refractivity contribution in [1.82, 2.24) is 15.4 Å². The fraction of sp³-hybridized carbons (Fsp3) is 0.316. The molecule has 0 saturated heterocycles. The van der Waals surface area contributed by atoms with E-state index in [0.29, 0.717) is 19.0 Å².